The van der Waals surface area contributed by atoms with E-state index in [2.05, 4.69) is 20.6 Å². The van der Waals surface area contributed by atoms with Crippen molar-refractivity contribution in [3.63, 3.8) is 0 Å². The molecule has 166 valence electrons. The molecule has 0 bridgehead atoms. The molecule has 0 atom stereocenters. The molecule has 1 aromatic heterocycles. The Hall–Kier alpha value is -4.39. The fourth-order valence-electron chi connectivity index (χ4n) is 3.24. The van der Waals surface area contributed by atoms with Crippen LogP contribution in [0.15, 0.2) is 79.0 Å². The lowest BCUT2D eigenvalue weighted by atomic mass is 10.1. The Labute approximate surface area is 192 Å². The number of aryl methyl sites for hydroxylation is 1. The van der Waals surface area contributed by atoms with E-state index >= 15 is 0 Å². The molecule has 0 fully saturated rings. The Kier molecular flexibility index (Phi) is 6.50. The number of nitrogens with one attached hydrogen (secondary N) is 2. The molecule has 3 aromatic carbocycles. The smallest absolute Gasteiger partial charge is 0.255 e. The number of carbonyl (C=O) groups excluding carboxylic acids is 1. The van der Waals surface area contributed by atoms with Crippen molar-refractivity contribution >= 4 is 23.1 Å². The largest absolute Gasteiger partial charge is 0.497 e. The van der Waals surface area contributed by atoms with Crippen LogP contribution in [0.25, 0.3) is 11.4 Å². The SMILES string of the molecule is COc1cc(NC(=O)c2cccc(Nc3ccnc(-c4ccc(C)cc4)n3)c2)cc(OC)c1. The van der Waals surface area contributed by atoms with E-state index in [1.807, 2.05) is 43.3 Å². The summed E-state index contributed by atoms with van der Waals surface area (Å²) in [5.74, 6) is 2.19. The van der Waals surface area contributed by atoms with Crippen molar-refractivity contribution in [2.45, 2.75) is 6.92 Å². The van der Waals surface area contributed by atoms with Crippen LogP contribution in [0.2, 0.25) is 0 Å². The highest BCUT2D eigenvalue weighted by Crippen LogP contribution is 2.26. The van der Waals surface area contributed by atoms with Gasteiger partial charge in [-0.2, -0.15) is 0 Å². The molecule has 2 N–H and O–H groups in total. The lowest BCUT2D eigenvalue weighted by molar-refractivity contribution is 0.102. The van der Waals surface area contributed by atoms with Crippen molar-refractivity contribution < 1.29 is 14.3 Å². The summed E-state index contributed by atoms with van der Waals surface area (Å²) in [4.78, 5) is 21.8. The van der Waals surface area contributed by atoms with Crippen molar-refractivity contribution in [3.8, 4) is 22.9 Å². The van der Waals surface area contributed by atoms with Gasteiger partial charge < -0.3 is 20.1 Å². The Bertz CT molecular complexity index is 1250. The molecule has 1 amide bonds. The molecule has 7 heteroatoms. The number of methoxy groups -OCH3 is 2. The number of aromatic nitrogens is 2. The number of carbonyl (C=O) groups is 1. The highest BCUT2D eigenvalue weighted by atomic mass is 16.5. The number of nitrogens with zero attached hydrogens (tertiary/aromatic N) is 2. The van der Waals surface area contributed by atoms with Crippen molar-refractivity contribution in [1.29, 1.82) is 0 Å². The number of rotatable bonds is 7. The fraction of sp³-hybridized carbons (Fsp3) is 0.115. The number of ether oxygens (including phenoxy) is 2. The summed E-state index contributed by atoms with van der Waals surface area (Å²) >= 11 is 0. The van der Waals surface area contributed by atoms with Crippen LogP contribution in [0.1, 0.15) is 15.9 Å². The number of amides is 1. The molecule has 0 unspecified atom stereocenters. The fourth-order valence-corrected chi connectivity index (χ4v) is 3.24. The molecule has 0 radical (unpaired) electrons. The molecule has 4 aromatic rings. The second-order valence-corrected chi connectivity index (χ2v) is 7.39. The first-order chi connectivity index (χ1) is 16.0. The van der Waals surface area contributed by atoms with E-state index in [4.69, 9.17) is 9.47 Å². The van der Waals surface area contributed by atoms with Crippen molar-refractivity contribution in [3.05, 3.63) is 90.1 Å². The Balaban J connectivity index is 1.51. The molecule has 0 aliphatic heterocycles. The Morgan fingerprint density at radius 1 is 0.848 bits per heavy atom. The first-order valence-electron chi connectivity index (χ1n) is 10.4. The maximum Gasteiger partial charge on any atom is 0.255 e. The third-order valence-electron chi connectivity index (χ3n) is 4.97. The molecule has 7 nitrogen and oxygen atoms in total. The van der Waals surface area contributed by atoms with Crippen molar-refractivity contribution in [2.75, 3.05) is 24.9 Å². The van der Waals surface area contributed by atoms with E-state index < -0.39 is 0 Å². The van der Waals surface area contributed by atoms with Crippen LogP contribution in [0, 0.1) is 6.92 Å². The van der Waals surface area contributed by atoms with Gasteiger partial charge in [-0.1, -0.05) is 35.9 Å². The van der Waals surface area contributed by atoms with Crippen molar-refractivity contribution in [1.82, 2.24) is 9.97 Å². The van der Waals surface area contributed by atoms with Crippen LogP contribution in [-0.2, 0) is 0 Å². The number of hydrogen-bond acceptors (Lipinski definition) is 6. The number of hydrogen-bond donors (Lipinski definition) is 2. The van der Waals surface area contributed by atoms with E-state index in [-0.39, 0.29) is 5.91 Å². The Morgan fingerprint density at radius 3 is 2.27 bits per heavy atom. The summed E-state index contributed by atoms with van der Waals surface area (Å²) < 4.78 is 10.5. The maximum atomic E-state index is 12.8. The highest BCUT2D eigenvalue weighted by Gasteiger charge is 2.10. The first-order valence-corrected chi connectivity index (χ1v) is 10.4. The summed E-state index contributed by atoms with van der Waals surface area (Å²) in [6, 6.07) is 22.2. The normalized spacial score (nSPS) is 10.4. The number of benzene rings is 3. The zero-order chi connectivity index (χ0) is 23.2. The van der Waals surface area contributed by atoms with E-state index in [1.54, 1.807) is 56.8 Å². The van der Waals surface area contributed by atoms with Crippen LogP contribution < -0.4 is 20.1 Å². The van der Waals surface area contributed by atoms with E-state index in [1.165, 1.54) is 5.56 Å². The predicted octanol–water partition coefficient (Wildman–Crippen LogP) is 5.47. The molecule has 0 aliphatic carbocycles. The monoisotopic (exact) mass is 440 g/mol. The molecule has 1 heterocycles. The summed E-state index contributed by atoms with van der Waals surface area (Å²) in [5, 5.41) is 6.13. The number of anilines is 3. The zero-order valence-electron chi connectivity index (χ0n) is 18.6. The summed E-state index contributed by atoms with van der Waals surface area (Å²) in [6.45, 7) is 2.04. The zero-order valence-corrected chi connectivity index (χ0v) is 18.6. The van der Waals surface area contributed by atoms with Gasteiger partial charge in [-0.3, -0.25) is 4.79 Å². The molecule has 0 spiro atoms. The van der Waals surface area contributed by atoms with E-state index in [0.29, 0.717) is 34.4 Å². The first kappa shape index (κ1) is 21.8. The lowest BCUT2D eigenvalue weighted by Gasteiger charge is -2.11. The lowest BCUT2D eigenvalue weighted by Crippen LogP contribution is -2.12. The van der Waals surface area contributed by atoms with E-state index in [9.17, 15) is 4.79 Å². The molecule has 33 heavy (non-hydrogen) atoms. The van der Waals surface area contributed by atoms with Crippen LogP contribution in [0.5, 0.6) is 11.5 Å². The molecule has 0 aliphatic rings. The van der Waals surface area contributed by atoms with Gasteiger partial charge in [0.15, 0.2) is 5.82 Å². The predicted molar refractivity (Wildman–Crippen MR) is 129 cm³/mol. The standard InChI is InChI=1S/C26H24N4O3/c1-17-7-9-18(10-8-17)25-27-12-11-24(30-25)28-20-6-4-5-19(13-20)26(31)29-21-14-22(32-2)16-23(15-21)33-3/h4-16H,1-3H3,(H,29,31)(H,27,28,30). The van der Waals surface area contributed by atoms with Crippen LogP contribution in [0.4, 0.5) is 17.2 Å². The molecule has 0 saturated carbocycles. The molecular weight excluding hydrogens is 416 g/mol. The second kappa shape index (κ2) is 9.82. The van der Waals surface area contributed by atoms with Crippen LogP contribution in [-0.4, -0.2) is 30.1 Å². The minimum atomic E-state index is -0.253. The molecule has 4 rings (SSSR count). The van der Waals surface area contributed by atoms with Gasteiger partial charge in [-0.15, -0.1) is 0 Å². The van der Waals surface area contributed by atoms with Crippen molar-refractivity contribution in [2.24, 2.45) is 0 Å². The third kappa shape index (κ3) is 5.46. The second-order valence-electron chi connectivity index (χ2n) is 7.39. The van der Waals surface area contributed by atoms with Gasteiger partial charge in [0.25, 0.3) is 5.91 Å². The highest BCUT2D eigenvalue weighted by molar-refractivity contribution is 6.05. The molecular formula is C26H24N4O3. The summed E-state index contributed by atoms with van der Waals surface area (Å²) in [6.07, 6.45) is 1.71. The van der Waals surface area contributed by atoms with Crippen LogP contribution in [0.3, 0.4) is 0 Å². The van der Waals surface area contributed by atoms with Gasteiger partial charge in [-0.05, 0) is 31.2 Å². The average Bonchev–Trinajstić information content (AvgIpc) is 2.84. The van der Waals surface area contributed by atoms with Gasteiger partial charge in [0.1, 0.15) is 17.3 Å². The molecule has 0 saturated heterocycles. The van der Waals surface area contributed by atoms with Gasteiger partial charge >= 0.3 is 0 Å². The van der Waals surface area contributed by atoms with Crippen LogP contribution >= 0.6 is 0 Å². The summed E-state index contributed by atoms with van der Waals surface area (Å²) in [5.41, 5.74) is 3.92. The Morgan fingerprint density at radius 2 is 1.58 bits per heavy atom. The minimum absolute atomic E-state index is 0.253. The average molecular weight is 441 g/mol. The third-order valence-corrected chi connectivity index (χ3v) is 4.97. The van der Waals surface area contributed by atoms with Gasteiger partial charge in [0.2, 0.25) is 0 Å². The van der Waals surface area contributed by atoms with Gasteiger partial charge in [0, 0.05) is 46.9 Å². The van der Waals surface area contributed by atoms with Gasteiger partial charge in [-0.25, -0.2) is 9.97 Å². The van der Waals surface area contributed by atoms with E-state index in [0.717, 1.165) is 11.3 Å². The minimum Gasteiger partial charge on any atom is -0.497 e. The van der Waals surface area contributed by atoms with Gasteiger partial charge in [0.05, 0.1) is 14.2 Å². The maximum absolute atomic E-state index is 12.8. The topological polar surface area (TPSA) is 85.4 Å². The summed E-state index contributed by atoms with van der Waals surface area (Å²) in [7, 11) is 3.12. The quantitative estimate of drug-likeness (QED) is 0.397.